The predicted molar refractivity (Wildman–Crippen MR) is 135 cm³/mol. The number of benzene rings is 2. The van der Waals surface area contributed by atoms with Crippen molar-refractivity contribution in [2.45, 2.75) is 26.1 Å². The molecule has 0 radical (unpaired) electrons. The van der Waals surface area contributed by atoms with E-state index >= 15 is 0 Å². The second-order valence-corrected chi connectivity index (χ2v) is 8.78. The summed E-state index contributed by atoms with van der Waals surface area (Å²) in [6, 6.07) is 12.7. The van der Waals surface area contributed by atoms with Crippen LogP contribution in [0, 0.1) is 0 Å². The topological polar surface area (TPSA) is 106 Å². The van der Waals surface area contributed by atoms with E-state index in [1.807, 2.05) is 18.2 Å². The second kappa shape index (κ2) is 11.2. The summed E-state index contributed by atoms with van der Waals surface area (Å²) in [6.45, 7) is 5.01. The zero-order chi connectivity index (χ0) is 25.7. The number of rotatable bonds is 8. The number of hydrogen-bond donors (Lipinski definition) is 1. The largest absolute Gasteiger partial charge is 0.493 e. The van der Waals surface area contributed by atoms with E-state index in [4.69, 9.17) is 9.47 Å². The van der Waals surface area contributed by atoms with Gasteiger partial charge in [0.15, 0.2) is 11.5 Å². The quantitative estimate of drug-likeness (QED) is 0.504. The smallest absolute Gasteiger partial charge is 0.261 e. The third-order valence-corrected chi connectivity index (χ3v) is 6.32. The molecule has 0 aliphatic carbocycles. The summed E-state index contributed by atoms with van der Waals surface area (Å²) in [7, 11) is 2.98. The molecule has 1 N–H and O–H groups in total. The van der Waals surface area contributed by atoms with Crippen LogP contribution in [0.1, 0.15) is 12.5 Å². The van der Waals surface area contributed by atoms with Gasteiger partial charge in [0.2, 0.25) is 11.8 Å². The van der Waals surface area contributed by atoms with Gasteiger partial charge in [0.25, 0.3) is 5.56 Å². The SMILES string of the molecule is COc1cc2ncn(CC(=O)N[C@@H](C)C(=O)N3CCN(Cc4ccccc4)CC3)c(=O)c2cc1OC. The molecule has 1 aliphatic heterocycles. The van der Waals surface area contributed by atoms with Crippen LogP contribution in [-0.4, -0.2) is 77.6 Å². The molecule has 0 spiro atoms. The molecular weight excluding hydrogens is 462 g/mol. The summed E-state index contributed by atoms with van der Waals surface area (Å²) in [4.78, 5) is 46.8. The maximum atomic E-state index is 12.9. The molecular formula is C26H31N5O5. The average Bonchev–Trinajstić information content (AvgIpc) is 2.90. The zero-order valence-electron chi connectivity index (χ0n) is 20.8. The van der Waals surface area contributed by atoms with Gasteiger partial charge in [-0.1, -0.05) is 30.3 Å². The molecule has 4 rings (SSSR count). The number of fused-ring (bicyclic) bond motifs is 1. The van der Waals surface area contributed by atoms with Gasteiger partial charge in [0, 0.05) is 38.8 Å². The van der Waals surface area contributed by atoms with Crippen LogP contribution in [-0.2, 0) is 22.7 Å². The first-order valence-corrected chi connectivity index (χ1v) is 11.8. The Balaban J connectivity index is 1.33. The lowest BCUT2D eigenvalue weighted by Crippen LogP contribution is -2.54. The van der Waals surface area contributed by atoms with Gasteiger partial charge < -0.3 is 19.7 Å². The number of aromatic nitrogens is 2. The molecule has 190 valence electrons. The highest BCUT2D eigenvalue weighted by Gasteiger charge is 2.26. The minimum absolute atomic E-state index is 0.136. The van der Waals surface area contributed by atoms with E-state index in [0.29, 0.717) is 35.5 Å². The van der Waals surface area contributed by atoms with Crippen LogP contribution in [0.15, 0.2) is 53.6 Å². The van der Waals surface area contributed by atoms with Crippen LogP contribution in [0.3, 0.4) is 0 Å². The molecule has 10 nitrogen and oxygen atoms in total. The maximum absolute atomic E-state index is 12.9. The highest BCUT2D eigenvalue weighted by atomic mass is 16.5. The van der Waals surface area contributed by atoms with E-state index in [1.54, 1.807) is 24.0 Å². The van der Waals surface area contributed by atoms with Crippen molar-refractivity contribution < 1.29 is 19.1 Å². The molecule has 1 atom stereocenters. The summed E-state index contributed by atoms with van der Waals surface area (Å²) in [5.41, 5.74) is 1.29. The second-order valence-electron chi connectivity index (χ2n) is 8.78. The Kier molecular flexibility index (Phi) is 7.84. The molecule has 3 aromatic rings. The molecule has 1 fully saturated rings. The number of amides is 2. The molecule has 0 saturated carbocycles. The standard InChI is InChI=1S/C26H31N5O5/c1-18(25(33)30-11-9-29(10-12-30)15-19-7-5-4-6-8-19)28-24(32)16-31-17-27-21-14-23(36-3)22(35-2)13-20(21)26(31)34/h4-8,13-14,17-18H,9-12,15-16H2,1-3H3,(H,28,32)/t18-/m0/s1. The molecule has 1 aliphatic rings. The van der Waals surface area contributed by atoms with Gasteiger partial charge in [0.1, 0.15) is 12.6 Å². The zero-order valence-corrected chi connectivity index (χ0v) is 20.8. The molecule has 2 aromatic carbocycles. The predicted octanol–water partition coefficient (Wildman–Crippen LogP) is 1.26. The van der Waals surface area contributed by atoms with Gasteiger partial charge in [-0.15, -0.1) is 0 Å². The number of methoxy groups -OCH3 is 2. The first kappa shape index (κ1) is 25.2. The van der Waals surface area contributed by atoms with Crippen LogP contribution < -0.4 is 20.3 Å². The summed E-state index contributed by atoms with van der Waals surface area (Å²) in [6.07, 6.45) is 1.31. The molecule has 2 heterocycles. The molecule has 2 amide bonds. The van der Waals surface area contributed by atoms with Crippen molar-refractivity contribution in [2.24, 2.45) is 0 Å². The first-order chi connectivity index (χ1) is 17.4. The van der Waals surface area contributed by atoms with Crippen LogP contribution in [0.5, 0.6) is 11.5 Å². The summed E-state index contributed by atoms with van der Waals surface area (Å²) in [5.74, 6) is 0.278. The highest BCUT2D eigenvalue weighted by Crippen LogP contribution is 2.29. The van der Waals surface area contributed by atoms with Gasteiger partial charge in [-0.2, -0.15) is 0 Å². The lowest BCUT2D eigenvalue weighted by atomic mass is 10.2. The number of carbonyl (C=O) groups excluding carboxylic acids is 2. The van der Waals surface area contributed by atoms with Crippen molar-refractivity contribution in [1.29, 1.82) is 0 Å². The summed E-state index contributed by atoms with van der Waals surface area (Å²) >= 11 is 0. The minimum atomic E-state index is -0.702. The lowest BCUT2D eigenvalue weighted by Gasteiger charge is -2.36. The fourth-order valence-electron chi connectivity index (χ4n) is 4.34. The monoisotopic (exact) mass is 493 g/mol. The third kappa shape index (κ3) is 5.65. The van der Waals surface area contributed by atoms with Gasteiger partial charge >= 0.3 is 0 Å². The molecule has 10 heteroatoms. The van der Waals surface area contributed by atoms with Gasteiger partial charge in [-0.25, -0.2) is 4.98 Å². The van der Waals surface area contributed by atoms with Gasteiger partial charge in [0.05, 0.1) is 31.4 Å². The number of carbonyl (C=O) groups is 2. The van der Waals surface area contributed by atoms with Crippen LogP contribution >= 0.6 is 0 Å². The molecule has 0 unspecified atom stereocenters. The Bertz CT molecular complexity index is 1290. The molecule has 1 saturated heterocycles. The van der Waals surface area contributed by atoms with E-state index in [0.717, 1.165) is 19.6 Å². The number of hydrogen-bond acceptors (Lipinski definition) is 7. The average molecular weight is 494 g/mol. The Hall–Kier alpha value is -3.92. The van der Waals surface area contributed by atoms with E-state index in [-0.39, 0.29) is 18.0 Å². The molecule has 0 bridgehead atoms. The number of nitrogens with one attached hydrogen (secondary N) is 1. The van der Waals surface area contributed by atoms with Gasteiger partial charge in [-0.05, 0) is 18.6 Å². The van der Waals surface area contributed by atoms with Crippen LogP contribution in [0.25, 0.3) is 10.9 Å². The minimum Gasteiger partial charge on any atom is -0.493 e. The highest BCUT2D eigenvalue weighted by molar-refractivity contribution is 5.87. The van der Waals surface area contributed by atoms with E-state index in [9.17, 15) is 14.4 Å². The Morgan fingerprint density at radius 2 is 1.69 bits per heavy atom. The lowest BCUT2D eigenvalue weighted by molar-refractivity contribution is -0.137. The van der Waals surface area contributed by atoms with Crippen LogP contribution in [0.2, 0.25) is 0 Å². The summed E-state index contributed by atoms with van der Waals surface area (Å²) < 4.78 is 11.7. The third-order valence-electron chi connectivity index (χ3n) is 6.32. The van der Waals surface area contributed by atoms with Crippen molar-refractivity contribution >= 4 is 22.7 Å². The fraction of sp³-hybridized carbons (Fsp3) is 0.385. The van der Waals surface area contributed by atoms with Crippen molar-refractivity contribution in [3.63, 3.8) is 0 Å². The maximum Gasteiger partial charge on any atom is 0.261 e. The number of ether oxygens (including phenoxy) is 2. The Morgan fingerprint density at radius 1 is 1.03 bits per heavy atom. The molecule has 1 aromatic heterocycles. The normalized spacial score (nSPS) is 14.9. The van der Waals surface area contributed by atoms with E-state index in [1.165, 1.54) is 30.7 Å². The van der Waals surface area contributed by atoms with Crippen molar-refractivity contribution in [3.05, 3.63) is 64.7 Å². The van der Waals surface area contributed by atoms with E-state index in [2.05, 4.69) is 27.3 Å². The molecule has 36 heavy (non-hydrogen) atoms. The van der Waals surface area contributed by atoms with Crippen molar-refractivity contribution in [2.75, 3.05) is 40.4 Å². The van der Waals surface area contributed by atoms with Crippen molar-refractivity contribution in [3.8, 4) is 11.5 Å². The van der Waals surface area contributed by atoms with Crippen molar-refractivity contribution in [1.82, 2.24) is 24.7 Å². The van der Waals surface area contributed by atoms with E-state index < -0.39 is 11.9 Å². The Labute approximate surface area is 209 Å². The van der Waals surface area contributed by atoms with Crippen LogP contribution in [0.4, 0.5) is 0 Å². The number of piperazine rings is 1. The fourth-order valence-corrected chi connectivity index (χ4v) is 4.34. The Morgan fingerprint density at radius 3 is 2.36 bits per heavy atom. The summed E-state index contributed by atoms with van der Waals surface area (Å²) in [5, 5.41) is 3.02. The number of nitrogens with zero attached hydrogens (tertiary/aromatic N) is 4. The first-order valence-electron chi connectivity index (χ1n) is 11.8. The van der Waals surface area contributed by atoms with Gasteiger partial charge in [-0.3, -0.25) is 23.9 Å².